The molecule has 0 spiro atoms. The molecule has 4 heterocycles. The van der Waals surface area contributed by atoms with Crippen LogP contribution in [-0.2, 0) is 44.9 Å². The standard InChI is InChI=1S/4C13H18O2.4C6H6N2O/c4*1-9(2)8-11-4-6-12(7-5-11)10(3)13(14)15;4*7-6(9)5-2-1-3-8-4-5/h4*4-7,9-10H,8H2,1-3H3,(H,14,15);4*1-4H,(H2,7,9)/t4*10-;;;;/m0000..../s1. The van der Waals surface area contributed by atoms with E-state index in [-0.39, 0.29) is 0 Å². The molecule has 512 valence electrons. The molecule has 0 aliphatic carbocycles. The van der Waals surface area contributed by atoms with Crippen molar-refractivity contribution < 1.29 is 58.8 Å². The first-order valence-corrected chi connectivity index (χ1v) is 31.3. The highest BCUT2D eigenvalue weighted by Crippen LogP contribution is 2.21. The molecule has 0 fully saturated rings. The van der Waals surface area contributed by atoms with Gasteiger partial charge in [-0.1, -0.05) is 152 Å². The van der Waals surface area contributed by atoms with E-state index in [4.69, 9.17) is 43.4 Å². The van der Waals surface area contributed by atoms with Crippen LogP contribution in [0, 0.1) is 23.7 Å². The molecule has 4 aromatic carbocycles. The first kappa shape index (κ1) is 83.3. The SMILES string of the molecule is CC(C)Cc1ccc([C@H](C)C(=O)O)cc1.CC(C)Cc1ccc([C@H](C)C(=O)O)cc1.CC(C)Cc1ccc([C@H](C)C(=O)O)cc1.CC(C)Cc1ccc([C@H](C)C(=O)O)cc1.NC(=O)c1cccnc1.NC(=O)c1cccnc1.NC(=O)c1cccnc1.NC(=O)c1cccnc1. The Bertz CT molecular complexity index is 3080. The molecule has 0 bridgehead atoms. The van der Waals surface area contributed by atoms with E-state index < -0.39 is 71.2 Å². The molecule has 0 unspecified atom stereocenters. The van der Waals surface area contributed by atoms with Crippen LogP contribution in [0.2, 0.25) is 0 Å². The zero-order chi connectivity index (χ0) is 72.5. The monoisotopic (exact) mass is 1310 g/mol. The van der Waals surface area contributed by atoms with Crippen LogP contribution in [0.15, 0.2) is 195 Å². The number of aliphatic carboxylic acids is 4. The number of hydrogen-bond donors (Lipinski definition) is 8. The van der Waals surface area contributed by atoms with Crippen molar-refractivity contribution in [3.8, 4) is 0 Å². The first-order chi connectivity index (χ1) is 45.2. The van der Waals surface area contributed by atoms with Crippen molar-refractivity contribution in [2.45, 2.75) is 132 Å². The van der Waals surface area contributed by atoms with Crippen LogP contribution in [0.1, 0.15) is 193 Å². The number of pyridine rings is 4. The molecule has 4 amide bonds. The summed E-state index contributed by atoms with van der Waals surface area (Å²) >= 11 is 0. The number of amides is 4. The van der Waals surface area contributed by atoms with E-state index in [9.17, 15) is 38.4 Å². The van der Waals surface area contributed by atoms with E-state index in [1.807, 2.05) is 97.1 Å². The number of nitrogens with two attached hydrogens (primary N) is 4. The first-order valence-electron chi connectivity index (χ1n) is 31.3. The summed E-state index contributed by atoms with van der Waals surface area (Å²) in [4.78, 5) is 99.4. The number of carboxylic acids is 4. The Hall–Kier alpha value is -10.8. The van der Waals surface area contributed by atoms with Gasteiger partial charge in [-0.15, -0.1) is 0 Å². The van der Waals surface area contributed by atoms with Crippen LogP contribution >= 0.6 is 0 Å². The van der Waals surface area contributed by atoms with Gasteiger partial charge in [0.25, 0.3) is 0 Å². The summed E-state index contributed by atoms with van der Waals surface area (Å²) in [5.41, 5.74) is 30.1. The van der Waals surface area contributed by atoms with Crippen molar-refractivity contribution in [3.05, 3.63) is 262 Å². The minimum atomic E-state index is -0.772. The van der Waals surface area contributed by atoms with Crippen molar-refractivity contribution in [3.63, 3.8) is 0 Å². The third kappa shape index (κ3) is 35.9. The fourth-order valence-electron chi connectivity index (χ4n) is 8.26. The zero-order valence-corrected chi connectivity index (χ0v) is 57.1. The van der Waals surface area contributed by atoms with Gasteiger partial charge >= 0.3 is 23.9 Å². The number of primary amides is 4. The molecule has 8 aromatic rings. The fraction of sp³-hybridized carbons (Fsp3) is 0.316. The van der Waals surface area contributed by atoms with Crippen LogP contribution < -0.4 is 22.9 Å². The number of rotatable bonds is 20. The van der Waals surface area contributed by atoms with Crippen molar-refractivity contribution in [1.82, 2.24) is 19.9 Å². The minimum Gasteiger partial charge on any atom is -0.481 e. The Morgan fingerprint density at radius 1 is 0.281 bits per heavy atom. The Labute approximate surface area is 564 Å². The lowest BCUT2D eigenvalue weighted by Crippen LogP contribution is -2.10. The van der Waals surface area contributed by atoms with Crippen LogP contribution in [-0.4, -0.2) is 87.9 Å². The van der Waals surface area contributed by atoms with E-state index in [0.717, 1.165) is 47.9 Å². The molecule has 0 saturated heterocycles. The third-order valence-electron chi connectivity index (χ3n) is 13.8. The molecule has 96 heavy (non-hydrogen) atoms. The number of carboxylic acid groups (broad SMARTS) is 4. The molecular weight excluding hydrogens is 1220 g/mol. The summed E-state index contributed by atoms with van der Waals surface area (Å²) in [6.07, 6.45) is 16.3. The van der Waals surface area contributed by atoms with Crippen LogP contribution in [0.25, 0.3) is 0 Å². The number of benzene rings is 4. The Balaban J connectivity index is 0.000000554. The van der Waals surface area contributed by atoms with Crippen molar-refractivity contribution >= 4 is 47.5 Å². The van der Waals surface area contributed by atoms with Gasteiger partial charge in [0.1, 0.15) is 0 Å². The van der Waals surface area contributed by atoms with Gasteiger partial charge in [0.2, 0.25) is 23.6 Å². The topological polar surface area (TPSA) is 373 Å². The zero-order valence-electron chi connectivity index (χ0n) is 57.1. The summed E-state index contributed by atoms with van der Waals surface area (Å²) < 4.78 is 0. The molecule has 0 radical (unpaired) electrons. The second-order valence-electron chi connectivity index (χ2n) is 24.0. The van der Waals surface area contributed by atoms with Gasteiger partial charge in [0, 0.05) is 49.6 Å². The molecule has 20 heteroatoms. The number of aromatic nitrogens is 4. The predicted molar refractivity (Wildman–Crippen MR) is 375 cm³/mol. The summed E-state index contributed by atoms with van der Waals surface area (Å²) in [5, 5.41) is 35.4. The summed E-state index contributed by atoms with van der Waals surface area (Å²) in [7, 11) is 0. The highest BCUT2D eigenvalue weighted by Gasteiger charge is 2.16. The maximum atomic E-state index is 10.8. The normalized spacial score (nSPS) is 11.3. The molecule has 20 nitrogen and oxygen atoms in total. The number of hydrogen-bond acceptors (Lipinski definition) is 12. The van der Waals surface area contributed by atoms with Crippen LogP contribution in [0.4, 0.5) is 0 Å². The second kappa shape index (κ2) is 45.5. The largest absolute Gasteiger partial charge is 0.481 e. The van der Waals surface area contributed by atoms with E-state index >= 15 is 0 Å². The van der Waals surface area contributed by atoms with Crippen LogP contribution in [0.3, 0.4) is 0 Å². The minimum absolute atomic E-state index is 0.418. The van der Waals surface area contributed by atoms with Crippen molar-refractivity contribution in [1.29, 1.82) is 0 Å². The third-order valence-corrected chi connectivity index (χ3v) is 13.8. The van der Waals surface area contributed by atoms with Crippen LogP contribution in [0.5, 0.6) is 0 Å². The average Bonchev–Trinajstić information content (AvgIpc) is 1.15. The molecule has 4 atom stereocenters. The van der Waals surface area contributed by atoms with Crippen molar-refractivity contribution in [2.24, 2.45) is 46.6 Å². The highest BCUT2D eigenvalue weighted by molar-refractivity contribution is 5.93. The molecule has 0 saturated carbocycles. The van der Waals surface area contributed by atoms with Gasteiger partial charge in [-0.2, -0.15) is 0 Å². The molecule has 12 N–H and O–H groups in total. The maximum Gasteiger partial charge on any atom is 0.310 e. The second-order valence-corrected chi connectivity index (χ2v) is 24.0. The lowest BCUT2D eigenvalue weighted by atomic mass is 9.97. The van der Waals surface area contributed by atoms with Gasteiger partial charge in [0.05, 0.1) is 45.9 Å². The molecule has 0 aliphatic heterocycles. The molecular formula is C76H96N8O12. The lowest BCUT2D eigenvalue weighted by Gasteiger charge is -2.09. The van der Waals surface area contributed by atoms with E-state index in [2.05, 4.69) is 75.3 Å². The lowest BCUT2D eigenvalue weighted by molar-refractivity contribution is -0.139. The predicted octanol–water partition coefficient (Wildman–Crippen LogP) is 13.0. The van der Waals surface area contributed by atoms with Gasteiger partial charge in [-0.3, -0.25) is 58.3 Å². The summed E-state index contributed by atoms with van der Waals surface area (Å²) in [6, 6.07) is 44.6. The van der Waals surface area contributed by atoms with E-state index in [0.29, 0.717) is 45.9 Å². The Morgan fingerprint density at radius 3 is 0.531 bits per heavy atom. The molecule has 0 aliphatic rings. The van der Waals surface area contributed by atoms with Gasteiger partial charge in [-0.25, -0.2) is 0 Å². The van der Waals surface area contributed by atoms with Gasteiger partial charge in [0.15, 0.2) is 0 Å². The van der Waals surface area contributed by atoms with Crippen molar-refractivity contribution in [2.75, 3.05) is 0 Å². The average molecular weight is 1310 g/mol. The number of nitrogens with zero attached hydrogens (tertiary/aromatic N) is 4. The fourth-order valence-corrected chi connectivity index (χ4v) is 8.26. The van der Waals surface area contributed by atoms with Gasteiger partial charge < -0.3 is 43.4 Å². The van der Waals surface area contributed by atoms with Gasteiger partial charge in [-0.05, 0) is 170 Å². The van der Waals surface area contributed by atoms with E-state index in [1.165, 1.54) is 47.0 Å². The van der Waals surface area contributed by atoms with E-state index in [1.54, 1.807) is 101 Å². The summed E-state index contributed by atoms with van der Waals surface area (Å²) in [6.45, 7) is 24.2. The quantitative estimate of drug-likeness (QED) is 0.0351. The molecule has 4 aromatic heterocycles. The number of carbonyl (C=O) groups is 8. The highest BCUT2D eigenvalue weighted by atomic mass is 16.4. The Morgan fingerprint density at radius 2 is 0.438 bits per heavy atom. The Kier molecular flexibility index (Phi) is 39.5. The smallest absolute Gasteiger partial charge is 0.310 e. The number of carbonyl (C=O) groups excluding carboxylic acids is 4. The summed E-state index contributed by atoms with van der Waals surface area (Å²) in [5.74, 6) is -4.00. The maximum absolute atomic E-state index is 10.8. The molecule has 8 rings (SSSR count).